The molecule has 0 aliphatic carbocycles. The number of amides is 1. The van der Waals surface area contributed by atoms with Crippen molar-refractivity contribution in [3.05, 3.63) is 71.9 Å². The molecule has 1 fully saturated rings. The zero-order valence-corrected chi connectivity index (χ0v) is 17.4. The van der Waals surface area contributed by atoms with Gasteiger partial charge < -0.3 is 10.6 Å². The topological polar surface area (TPSA) is 75.1 Å². The number of hydrogen-bond donors (Lipinski definition) is 2. The molecule has 1 amide bonds. The molecule has 9 heteroatoms. The van der Waals surface area contributed by atoms with Crippen LogP contribution >= 0.6 is 12.4 Å². The fourth-order valence-electron chi connectivity index (χ4n) is 3.60. The fourth-order valence-corrected chi connectivity index (χ4v) is 3.60. The van der Waals surface area contributed by atoms with E-state index in [1.807, 2.05) is 25.3 Å². The SMILES string of the molecule is Cc1cc(NC(=O)CN2CCNCC2c2cccnc2)n(-c2ccccc2F)n1.Cl. The van der Waals surface area contributed by atoms with Gasteiger partial charge in [-0.3, -0.25) is 14.7 Å². The third-order valence-corrected chi connectivity index (χ3v) is 4.95. The Morgan fingerprint density at radius 2 is 2.13 bits per heavy atom. The van der Waals surface area contributed by atoms with E-state index < -0.39 is 5.82 Å². The number of carbonyl (C=O) groups excluding carboxylic acids is 1. The predicted octanol–water partition coefficient (Wildman–Crippen LogP) is 2.72. The number of aryl methyl sites for hydroxylation is 1. The number of pyridine rings is 1. The van der Waals surface area contributed by atoms with Gasteiger partial charge in [-0.2, -0.15) is 5.10 Å². The molecule has 0 saturated carbocycles. The van der Waals surface area contributed by atoms with Crippen molar-refractivity contribution < 1.29 is 9.18 Å². The van der Waals surface area contributed by atoms with Crippen molar-refractivity contribution in [1.82, 2.24) is 25.0 Å². The van der Waals surface area contributed by atoms with Crippen molar-refractivity contribution in [3.63, 3.8) is 0 Å². The quantitative estimate of drug-likeness (QED) is 0.651. The molecule has 0 spiro atoms. The Balaban J connectivity index is 0.00000256. The highest BCUT2D eigenvalue weighted by Gasteiger charge is 2.26. The highest BCUT2D eigenvalue weighted by Crippen LogP contribution is 2.22. The monoisotopic (exact) mass is 430 g/mol. The highest BCUT2D eigenvalue weighted by molar-refractivity contribution is 5.91. The molecule has 1 unspecified atom stereocenters. The lowest BCUT2D eigenvalue weighted by atomic mass is 10.1. The molecule has 1 aromatic carbocycles. The molecule has 158 valence electrons. The van der Waals surface area contributed by atoms with Crippen LogP contribution in [0, 0.1) is 12.7 Å². The molecule has 1 aliphatic rings. The minimum atomic E-state index is -0.398. The van der Waals surface area contributed by atoms with Crippen LogP contribution in [0.25, 0.3) is 5.69 Å². The van der Waals surface area contributed by atoms with Crippen LogP contribution < -0.4 is 10.6 Å². The number of para-hydroxylation sites is 1. The lowest BCUT2D eigenvalue weighted by Crippen LogP contribution is -2.48. The van der Waals surface area contributed by atoms with Gasteiger partial charge in [-0.1, -0.05) is 18.2 Å². The minimum absolute atomic E-state index is 0. The van der Waals surface area contributed by atoms with Crippen molar-refractivity contribution in [2.75, 3.05) is 31.5 Å². The van der Waals surface area contributed by atoms with Crippen molar-refractivity contribution in [2.45, 2.75) is 13.0 Å². The van der Waals surface area contributed by atoms with E-state index in [-0.39, 0.29) is 30.9 Å². The van der Waals surface area contributed by atoms with Gasteiger partial charge in [0.05, 0.1) is 12.2 Å². The largest absolute Gasteiger partial charge is 0.314 e. The maximum atomic E-state index is 14.2. The third kappa shape index (κ3) is 4.84. The Morgan fingerprint density at radius 1 is 1.30 bits per heavy atom. The summed E-state index contributed by atoms with van der Waals surface area (Å²) in [5, 5.41) is 10.6. The van der Waals surface area contributed by atoms with Crippen molar-refractivity contribution in [2.24, 2.45) is 0 Å². The smallest absolute Gasteiger partial charge is 0.239 e. The highest BCUT2D eigenvalue weighted by atomic mass is 35.5. The van der Waals surface area contributed by atoms with Crippen molar-refractivity contribution in [1.29, 1.82) is 0 Å². The molecule has 3 heterocycles. The molecular formula is C21H24ClFN6O. The Labute approximate surface area is 180 Å². The lowest BCUT2D eigenvalue weighted by molar-refractivity contribution is -0.118. The van der Waals surface area contributed by atoms with Crippen LogP contribution in [0.3, 0.4) is 0 Å². The van der Waals surface area contributed by atoms with Crippen LogP contribution in [0.15, 0.2) is 54.9 Å². The van der Waals surface area contributed by atoms with E-state index in [0.717, 1.165) is 25.2 Å². The van der Waals surface area contributed by atoms with Crippen LogP contribution in [-0.2, 0) is 4.79 Å². The Morgan fingerprint density at radius 3 is 2.90 bits per heavy atom. The molecule has 1 aliphatic heterocycles. The summed E-state index contributed by atoms with van der Waals surface area (Å²) >= 11 is 0. The molecule has 1 atom stereocenters. The summed E-state index contributed by atoms with van der Waals surface area (Å²) in [7, 11) is 0. The van der Waals surface area contributed by atoms with E-state index >= 15 is 0 Å². The first-order valence-corrected chi connectivity index (χ1v) is 9.58. The summed E-state index contributed by atoms with van der Waals surface area (Å²) in [6.45, 7) is 4.35. The minimum Gasteiger partial charge on any atom is -0.314 e. The fraction of sp³-hybridized carbons (Fsp3) is 0.286. The average Bonchev–Trinajstić information content (AvgIpc) is 3.09. The number of nitrogens with one attached hydrogen (secondary N) is 2. The Kier molecular flexibility index (Phi) is 7.15. The molecular weight excluding hydrogens is 407 g/mol. The normalized spacial score (nSPS) is 16.7. The first-order chi connectivity index (χ1) is 14.1. The third-order valence-electron chi connectivity index (χ3n) is 4.95. The molecule has 2 aromatic heterocycles. The summed E-state index contributed by atoms with van der Waals surface area (Å²) in [5.41, 5.74) is 2.06. The standard InChI is InChI=1S/C21H23FN6O.ClH/c1-15-11-20(28(26-15)18-7-3-2-6-17(18)22)25-21(29)14-27-10-9-24-13-19(27)16-5-4-8-23-12-16;/h2-8,11-12,19,24H,9-10,13-14H2,1H3,(H,25,29);1H. The van der Waals surface area contributed by atoms with E-state index in [9.17, 15) is 9.18 Å². The number of rotatable bonds is 5. The van der Waals surface area contributed by atoms with Gasteiger partial charge in [-0.15, -0.1) is 12.4 Å². The number of halogens is 2. The Hall–Kier alpha value is -2.81. The lowest BCUT2D eigenvalue weighted by Gasteiger charge is -2.35. The summed E-state index contributed by atoms with van der Waals surface area (Å²) < 4.78 is 15.6. The van der Waals surface area contributed by atoms with Gasteiger partial charge in [0.2, 0.25) is 5.91 Å². The van der Waals surface area contributed by atoms with Crippen LogP contribution in [-0.4, -0.2) is 51.8 Å². The molecule has 0 bridgehead atoms. The molecule has 1 saturated heterocycles. The van der Waals surface area contributed by atoms with E-state index in [1.54, 1.807) is 30.5 Å². The van der Waals surface area contributed by atoms with Gasteiger partial charge in [-0.05, 0) is 30.7 Å². The van der Waals surface area contributed by atoms with E-state index in [1.165, 1.54) is 10.7 Å². The number of benzene rings is 1. The second-order valence-electron chi connectivity index (χ2n) is 7.06. The van der Waals surface area contributed by atoms with Gasteiger partial charge in [0.1, 0.15) is 17.3 Å². The molecule has 3 aromatic rings. The van der Waals surface area contributed by atoms with Crippen molar-refractivity contribution in [3.8, 4) is 5.69 Å². The van der Waals surface area contributed by atoms with Crippen LogP contribution in [0.5, 0.6) is 0 Å². The summed E-state index contributed by atoms with van der Waals surface area (Å²) in [4.78, 5) is 19.1. The maximum absolute atomic E-state index is 14.2. The van der Waals surface area contributed by atoms with Gasteiger partial charge in [-0.25, -0.2) is 9.07 Å². The summed E-state index contributed by atoms with van der Waals surface area (Å²) in [6.07, 6.45) is 3.57. The second kappa shape index (κ2) is 9.80. The Bertz CT molecular complexity index is 996. The summed E-state index contributed by atoms with van der Waals surface area (Å²) in [5.74, 6) is -0.117. The first kappa shape index (κ1) is 21.9. The maximum Gasteiger partial charge on any atom is 0.239 e. The predicted molar refractivity (Wildman–Crippen MR) is 116 cm³/mol. The zero-order valence-electron chi connectivity index (χ0n) is 16.6. The molecule has 30 heavy (non-hydrogen) atoms. The number of aromatic nitrogens is 3. The van der Waals surface area contributed by atoms with Crippen LogP contribution in [0.1, 0.15) is 17.3 Å². The molecule has 4 rings (SSSR count). The summed E-state index contributed by atoms with van der Waals surface area (Å²) in [6, 6.07) is 12.1. The van der Waals surface area contributed by atoms with Crippen LogP contribution in [0.2, 0.25) is 0 Å². The zero-order chi connectivity index (χ0) is 20.2. The van der Waals surface area contributed by atoms with Gasteiger partial charge in [0.25, 0.3) is 0 Å². The van der Waals surface area contributed by atoms with Gasteiger partial charge in [0, 0.05) is 44.1 Å². The van der Waals surface area contributed by atoms with E-state index in [0.29, 0.717) is 17.2 Å². The number of anilines is 1. The van der Waals surface area contributed by atoms with E-state index in [2.05, 4.69) is 25.6 Å². The first-order valence-electron chi connectivity index (χ1n) is 9.58. The average molecular weight is 431 g/mol. The number of hydrogen-bond acceptors (Lipinski definition) is 5. The second-order valence-corrected chi connectivity index (χ2v) is 7.06. The molecule has 7 nitrogen and oxygen atoms in total. The number of piperazine rings is 1. The van der Waals surface area contributed by atoms with Gasteiger partial charge in [0.15, 0.2) is 0 Å². The van der Waals surface area contributed by atoms with Crippen molar-refractivity contribution >= 4 is 24.1 Å². The number of nitrogens with zero attached hydrogens (tertiary/aromatic N) is 4. The molecule has 0 radical (unpaired) electrons. The number of carbonyl (C=O) groups is 1. The molecule has 2 N–H and O–H groups in total. The van der Waals surface area contributed by atoms with Crippen LogP contribution in [0.4, 0.5) is 10.2 Å². The van der Waals surface area contributed by atoms with Gasteiger partial charge >= 0.3 is 0 Å². The van der Waals surface area contributed by atoms with E-state index in [4.69, 9.17) is 0 Å².